The summed E-state index contributed by atoms with van der Waals surface area (Å²) in [5.74, 6) is 0.410. The Morgan fingerprint density at radius 2 is 1.37 bits per heavy atom. The lowest BCUT2D eigenvalue weighted by molar-refractivity contribution is 0.930. The standard InChI is InChI=1S/C27H30/c1-18(2)11-19(3)12-20(4)13-21(5)27-17-26-16-24-10-8-7-9-23(24)15-25(26)14-22(27)6/h7-17,20H,1-6H3/b19-12+,21-13+. The summed E-state index contributed by atoms with van der Waals surface area (Å²) in [6, 6.07) is 17.9. The van der Waals surface area contributed by atoms with E-state index in [0.29, 0.717) is 5.92 Å². The number of hydrogen-bond acceptors (Lipinski definition) is 0. The van der Waals surface area contributed by atoms with Crippen molar-refractivity contribution < 1.29 is 0 Å². The topological polar surface area (TPSA) is 0 Å². The highest BCUT2D eigenvalue weighted by molar-refractivity contribution is 5.99. The quantitative estimate of drug-likeness (QED) is 0.327. The maximum Gasteiger partial charge on any atom is -0.00702 e. The van der Waals surface area contributed by atoms with Crippen LogP contribution in [0.15, 0.2) is 77.9 Å². The molecule has 0 bridgehead atoms. The third-order valence-electron chi connectivity index (χ3n) is 5.03. The van der Waals surface area contributed by atoms with Gasteiger partial charge in [-0.05, 0) is 97.0 Å². The molecule has 0 aliphatic heterocycles. The van der Waals surface area contributed by atoms with Gasteiger partial charge in [-0.1, -0.05) is 66.6 Å². The molecule has 0 aromatic heterocycles. The predicted molar refractivity (Wildman–Crippen MR) is 122 cm³/mol. The number of hydrogen-bond donors (Lipinski definition) is 0. The number of benzene rings is 3. The van der Waals surface area contributed by atoms with Gasteiger partial charge in [0.05, 0.1) is 0 Å². The van der Waals surface area contributed by atoms with Crippen molar-refractivity contribution in [3.05, 3.63) is 89.0 Å². The first-order chi connectivity index (χ1) is 12.8. The molecule has 0 spiro atoms. The molecule has 0 fully saturated rings. The number of aryl methyl sites for hydroxylation is 1. The molecular weight excluding hydrogens is 324 g/mol. The Hall–Kier alpha value is -2.60. The van der Waals surface area contributed by atoms with Crippen LogP contribution in [0, 0.1) is 12.8 Å². The van der Waals surface area contributed by atoms with Gasteiger partial charge in [-0.25, -0.2) is 0 Å². The highest BCUT2D eigenvalue weighted by Gasteiger charge is 2.06. The normalized spacial score (nSPS) is 13.9. The molecule has 138 valence electrons. The summed E-state index contributed by atoms with van der Waals surface area (Å²) >= 11 is 0. The molecule has 0 aliphatic carbocycles. The van der Waals surface area contributed by atoms with Gasteiger partial charge >= 0.3 is 0 Å². The SMILES string of the molecule is CC(C)=C/C(C)=C/C(C)/C=C(\C)c1cc2cc3ccccc3cc2cc1C. The van der Waals surface area contributed by atoms with Crippen LogP contribution in [0.2, 0.25) is 0 Å². The summed E-state index contributed by atoms with van der Waals surface area (Å²) in [5, 5.41) is 5.23. The van der Waals surface area contributed by atoms with Crippen LogP contribution in [0.4, 0.5) is 0 Å². The van der Waals surface area contributed by atoms with Crippen LogP contribution in [-0.4, -0.2) is 0 Å². The molecule has 27 heavy (non-hydrogen) atoms. The maximum absolute atomic E-state index is 2.37. The second kappa shape index (κ2) is 7.96. The van der Waals surface area contributed by atoms with E-state index in [1.165, 1.54) is 49.4 Å². The molecule has 0 N–H and O–H groups in total. The van der Waals surface area contributed by atoms with Gasteiger partial charge in [-0.3, -0.25) is 0 Å². The van der Waals surface area contributed by atoms with Gasteiger partial charge in [0.15, 0.2) is 0 Å². The number of rotatable bonds is 4. The van der Waals surface area contributed by atoms with E-state index >= 15 is 0 Å². The lowest BCUT2D eigenvalue weighted by Gasteiger charge is -2.12. The van der Waals surface area contributed by atoms with Gasteiger partial charge in [0.2, 0.25) is 0 Å². The van der Waals surface area contributed by atoms with E-state index in [-0.39, 0.29) is 0 Å². The van der Waals surface area contributed by atoms with Gasteiger partial charge in [0.25, 0.3) is 0 Å². The third-order valence-corrected chi connectivity index (χ3v) is 5.03. The van der Waals surface area contributed by atoms with Crippen LogP contribution in [0.5, 0.6) is 0 Å². The lowest BCUT2D eigenvalue weighted by atomic mass is 9.93. The van der Waals surface area contributed by atoms with E-state index in [2.05, 4.69) is 108 Å². The predicted octanol–water partition coefficient (Wildman–Crippen LogP) is 8.25. The first kappa shape index (κ1) is 19.2. The molecule has 3 aromatic rings. The molecule has 0 radical (unpaired) electrons. The Labute approximate surface area is 163 Å². The van der Waals surface area contributed by atoms with E-state index in [1.54, 1.807) is 0 Å². The lowest BCUT2D eigenvalue weighted by Crippen LogP contribution is -1.92. The van der Waals surface area contributed by atoms with E-state index in [4.69, 9.17) is 0 Å². The van der Waals surface area contributed by atoms with E-state index in [1.807, 2.05) is 0 Å². The monoisotopic (exact) mass is 354 g/mol. The molecule has 3 aromatic carbocycles. The average molecular weight is 355 g/mol. The smallest absolute Gasteiger partial charge is 0.00702 e. The Morgan fingerprint density at radius 3 is 1.96 bits per heavy atom. The van der Waals surface area contributed by atoms with Crippen LogP contribution in [0.3, 0.4) is 0 Å². The minimum atomic E-state index is 0.410. The fraction of sp³-hybridized carbons (Fsp3) is 0.259. The molecule has 0 heterocycles. The van der Waals surface area contributed by atoms with Crippen LogP contribution in [-0.2, 0) is 0 Å². The van der Waals surface area contributed by atoms with E-state index < -0.39 is 0 Å². The maximum atomic E-state index is 2.37. The molecule has 0 saturated carbocycles. The Bertz CT molecular complexity index is 1070. The van der Waals surface area contributed by atoms with Gasteiger partial charge in [-0.15, -0.1) is 0 Å². The summed E-state index contributed by atoms with van der Waals surface area (Å²) in [6.07, 6.45) is 6.95. The van der Waals surface area contributed by atoms with Crippen molar-refractivity contribution >= 4 is 27.1 Å². The second-order valence-corrected chi connectivity index (χ2v) is 8.05. The fourth-order valence-electron chi connectivity index (χ4n) is 3.98. The van der Waals surface area contributed by atoms with Crippen molar-refractivity contribution in [1.29, 1.82) is 0 Å². The molecule has 0 heteroatoms. The van der Waals surface area contributed by atoms with Crippen LogP contribution < -0.4 is 0 Å². The molecule has 0 amide bonds. The highest BCUT2D eigenvalue weighted by atomic mass is 14.1. The van der Waals surface area contributed by atoms with Crippen molar-refractivity contribution in [2.75, 3.05) is 0 Å². The summed E-state index contributed by atoms with van der Waals surface area (Å²) in [5.41, 5.74) is 6.69. The van der Waals surface area contributed by atoms with Crippen molar-refractivity contribution in [2.45, 2.75) is 41.5 Å². The number of allylic oxidation sites excluding steroid dienone is 6. The molecule has 1 atom stereocenters. The number of fused-ring (bicyclic) bond motifs is 2. The van der Waals surface area contributed by atoms with E-state index in [0.717, 1.165) is 0 Å². The van der Waals surface area contributed by atoms with Crippen molar-refractivity contribution in [1.82, 2.24) is 0 Å². The molecular formula is C27H30. The molecule has 0 aliphatic rings. The second-order valence-electron chi connectivity index (χ2n) is 8.05. The average Bonchev–Trinajstić information content (AvgIpc) is 2.58. The zero-order chi connectivity index (χ0) is 19.6. The Balaban J connectivity index is 2.01. The zero-order valence-corrected chi connectivity index (χ0v) is 17.4. The first-order valence-corrected chi connectivity index (χ1v) is 9.79. The minimum absolute atomic E-state index is 0.410. The third kappa shape index (κ3) is 4.57. The van der Waals surface area contributed by atoms with Gasteiger partial charge in [0.1, 0.15) is 0 Å². The summed E-state index contributed by atoms with van der Waals surface area (Å²) in [7, 11) is 0. The Morgan fingerprint density at radius 1 is 0.778 bits per heavy atom. The first-order valence-electron chi connectivity index (χ1n) is 9.79. The molecule has 1 unspecified atom stereocenters. The van der Waals surface area contributed by atoms with Gasteiger partial charge in [0, 0.05) is 0 Å². The molecule has 0 saturated heterocycles. The van der Waals surface area contributed by atoms with E-state index in [9.17, 15) is 0 Å². The van der Waals surface area contributed by atoms with Crippen molar-refractivity contribution in [3.63, 3.8) is 0 Å². The highest BCUT2D eigenvalue weighted by Crippen LogP contribution is 2.29. The summed E-state index contributed by atoms with van der Waals surface area (Å²) in [6.45, 7) is 13.2. The Kier molecular flexibility index (Phi) is 5.65. The zero-order valence-electron chi connectivity index (χ0n) is 17.4. The van der Waals surface area contributed by atoms with Crippen LogP contribution in [0.25, 0.3) is 27.1 Å². The largest absolute Gasteiger partial charge is 0.0762 e. The minimum Gasteiger partial charge on any atom is -0.0762 e. The van der Waals surface area contributed by atoms with Crippen LogP contribution >= 0.6 is 0 Å². The van der Waals surface area contributed by atoms with Gasteiger partial charge < -0.3 is 0 Å². The molecule has 0 nitrogen and oxygen atoms in total. The van der Waals surface area contributed by atoms with Crippen molar-refractivity contribution in [3.8, 4) is 0 Å². The fourth-order valence-corrected chi connectivity index (χ4v) is 3.98. The van der Waals surface area contributed by atoms with Crippen molar-refractivity contribution in [2.24, 2.45) is 5.92 Å². The van der Waals surface area contributed by atoms with Crippen LogP contribution in [0.1, 0.15) is 45.7 Å². The summed E-state index contributed by atoms with van der Waals surface area (Å²) < 4.78 is 0. The molecule has 3 rings (SSSR count). The van der Waals surface area contributed by atoms with Gasteiger partial charge in [-0.2, -0.15) is 0 Å². The summed E-state index contributed by atoms with van der Waals surface area (Å²) in [4.78, 5) is 0.